The molecule has 0 radical (unpaired) electrons. The van der Waals surface area contributed by atoms with E-state index in [-0.39, 0.29) is 16.6 Å². The van der Waals surface area contributed by atoms with Crippen LogP contribution < -0.4 is 10.6 Å². The number of carbonyl (C=O) groups is 2. The van der Waals surface area contributed by atoms with E-state index in [1.807, 2.05) is 0 Å². The fourth-order valence-corrected chi connectivity index (χ4v) is 1.81. The highest BCUT2D eigenvalue weighted by Gasteiger charge is 2.37. The van der Waals surface area contributed by atoms with Crippen molar-refractivity contribution in [1.82, 2.24) is 5.32 Å². The van der Waals surface area contributed by atoms with Gasteiger partial charge in [0.05, 0.1) is 5.02 Å². The molecule has 0 saturated heterocycles. The maximum atomic E-state index is 13.2. The summed E-state index contributed by atoms with van der Waals surface area (Å²) in [5.41, 5.74) is 0.208. The lowest BCUT2D eigenvalue weighted by molar-refractivity contribution is -0.139. The standard InChI is InChI=1S/C12H12ClFN2O3/c13-8-4-3-7(5-9(8)14)15-12(19)16-10(11(17)18)6-1-2-6/h3-6,10H,1-2H2,(H,17,18)(H2,15,16,19). The molecule has 102 valence electrons. The Labute approximate surface area is 113 Å². The Hall–Kier alpha value is -1.82. The van der Waals surface area contributed by atoms with Gasteiger partial charge in [0.1, 0.15) is 11.9 Å². The summed E-state index contributed by atoms with van der Waals surface area (Å²) in [5, 5.41) is 13.6. The first kappa shape index (κ1) is 13.6. The van der Waals surface area contributed by atoms with Gasteiger partial charge in [-0.3, -0.25) is 0 Å². The van der Waals surface area contributed by atoms with Crippen LogP contribution in [0.3, 0.4) is 0 Å². The molecule has 1 fully saturated rings. The third-order valence-corrected chi connectivity index (χ3v) is 3.13. The first-order valence-corrected chi connectivity index (χ1v) is 6.10. The topological polar surface area (TPSA) is 78.4 Å². The molecule has 0 aromatic heterocycles. The SMILES string of the molecule is O=C(Nc1ccc(Cl)c(F)c1)NC(C(=O)O)C1CC1. The molecule has 1 saturated carbocycles. The molecule has 1 unspecified atom stereocenters. The maximum absolute atomic E-state index is 13.2. The van der Waals surface area contributed by atoms with E-state index in [1.165, 1.54) is 12.1 Å². The summed E-state index contributed by atoms with van der Waals surface area (Å²) < 4.78 is 13.2. The molecule has 1 aliphatic rings. The fourth-order valence-electron chi connectivity index (χ4n) is 1.69. The minimum Gasteiger partial charge on any atom is -0.480 e. The molecule has 3 N–H and O–H groups in total. The van der Waals surface area contributed by atoms with Crippen molar-refractivity contribution in [3.63, 3.8) is 0 Å². The number of hydrogen-bond donors (Lipinski definition) is 3. The summed E-state index contributed by atoms with van der Waals surface area (Å²) in [6, 6.07) is 2.22. The highest BCUT2D eigenvalue weighted by atomic mass is 35.5. The number of halogens is 2. The van der Waals surface area contributed by atoms with Crippen molar-refractivity contribution >= 4 is 29.3 Å². The van der Waals surface area contributed by atoms with Crippen LogP contribution in [0.2, 0.25) is 5.02 Å². The number of hydrogen-bond acceptors (Lipinski definition) is 2. The van der Waals surface area contributed by atoms with Crippen molar-refractivity contribution in [2.75, 3.05) is 5.32 Å². The molecule has 2 amide bonds. The van der Waals surface area contributed by atoms with Gasteiger partial charge in [-0.15, -0.1) is 0 Å². The third kappa shape index (κ3) is 3.57. The fraction of sp³-hybridized carbons (Fsp3) is 0.333. The van der Waals surface area contributed by atoms with E-state index in [2.05, 4.69) is 10.6 Å². The number of carbonyl (C=O) groups excluding carboxylic acids is 1. The summed E-state index contributed by atoms with van der Waals surface area (Å²) in [6.45, 7) is 0. The minimum atomic E-state index is -1.07. The molecular weight excluding hydrogens is 275 g/mol. The summed E-state index contributed by atoms with van der Waals surface area (Å²) in [7, 11) is 0. The smallest absolute Gasteiger partial charge is 0.326 e. The molecule has 0 heterocycles. The van der Waals surface area contributed by atoms with Gasteiger partial charge in [-0.1, -0.05) is 11.6 Å². The van der Waals surface area contributed by atoms with Crippen LogP contribution in [0, 0.1) is 11.7 Å². The predicted octanol–water partition coefficient (Wildman–Crippen LogP) is 2.46. The molecule has 0 bridgehead atoms. The molecule has 0 aliphatic heterocycles. The molecule has 5 nitrogen and oxygen atoms in total. The molecule has 19 heavy (non-hydrogen) atoms. The zero-order chi connectivity index (χ0) is 14.0. The number of urea groups is 1. The number of amides is 2. The Morgan fingerprint density at radius 2 is 2.11 bits per heavy atom. The minimum absolute atomic E-state index is 0.0230. The number of benzene rings is 1. The number of anilines is 1. The highest BCUT2D eigenvalue weighted by molar-refractivity contribution is 6.30. The van der Waals surface area contributed by atoms with E-state index < -0.39 is 23.9 Å². The number of carboxylic acids is 1. The van der Waals surface area contributed by atoms with Crippen molar-refractivity contribution in [2.45, 2.75) is 18.9 Å². The Kier molecular flexibility index (Phi) is 3.90. The number of aliphatic carboxylic acids is 1. The molecule has 2 rings (SSSR count). The lowest BCUT2D eigenvalue weighted by Gasteiger charge is -2.14. The van der Waals surface area contributed by atoms with Gasteiger partial charge in [-0.05, 0) is 37.0 Å². The van der Waals surface area contributed by atoms with E-state index in [9.17, 15) is 14.0 Å². The number of rotatable bonds is 4. The molecule has 1 atom stereocenters. The average Bonchev–Trinajstić information content (AvgIpc) is 3.14. The molecule has 1 aliphatic carbocycles. The zero-order valence-electron chi connectivity index (χ0n) is 9.82. The van der Waals surface area contributed by atoms with Crippen molar-refractivity contribution in [1.29, 1.82) is 0 Å². The second kappa shape index (κ2) is 5.44. The predicted molar refractivity (Wildman–Crippen MR) is 67.7 cm³/mol. The second-order valence-corrected chi connectivity index (χ2v) is 4.79. The van der Waals surface area contributed by atoms with Gasteiger partial charge < -0.3 is 15.7 Å². The van der Waals surface area contributed by atoms with Gasteiger partial charge in [0, 0.05) is 5.69 Å². The van der Waals surface area contributed by atoms with Crippen LogP contribution in [0.5, 0.6) is 0 Å². The van der Waals surface area contributed by atoms with Crippen LogP contribution >= 0.6 is 11.6 Å². The molecular formula is C12H12ClFN2O3. The average molecular weight is 287 g/mol. The first-order valence-electron chi connectivity index (χ1n) is 5.73. The van der Waals surface area contributed by atoms with E-state index in [4.69, 9.17) is 16.7 Å². The Morgan fingerprint density at radius 1 is 1.42 bits per heavy atom. The van der Waals surface area contributed by atoms with Gasteiger partial charge >= 0.3 is 12.0 Å². The van der Waals surface area contributed by atoms with E-state index in [0.717, 1.165) is 18.9 Å². The van der Waals surface area contributed by atoms with Crippen molar-refractivity contribution in [3.05, 3.63) is 29.0 Å². The van der Waals surface area contributed by atoms with Gasteiger partial charge in [-0.2, -0.15) is 0 Å². The summed E-state index contributed by atoms with van der Waals surface area (Å²) in [6.07, 6.45) is 1.57. The summed E-state index contributed by atoms with van der Waals surface area (Å²) in [4.78, 5) is 22.6. The lowest BCUT2D eigenvalue weighted by atomic mass is 10.2. The maximum Gasteiger partial charge on any atom is 0.326 e. The van der Waals surface area contributed by atoms with Gasteiger partial charge in [-0.25, -0.2) is 14.0 Å². The van der Waals surface area contributed by atoms with Crippen LogP contribution in [-0.4, -0.2) is 23.1 Å². The molecule has 0 spiro atoms. The summed E-state index contributed by atoms with van der Waals surface area (Å²) in [5.74, 6) is -1.75. The normalized spacial score (nSPS) is 15.7. The molecule has 1 aromatic rings. The van der Waals surface area contributed by atoms with Crippen LogP contribution in [0.1, 0.15) is 12.8 Å². The van der Waals surface area contributed by atoms with Gasteiger partial charge in [0.2, 0.25) is 0 Å². The molecule has 1 aromatic carbocycles. The van der Waals surface area contributed by atoms with Crippen LogP contribution in [-0.2, 0) is 4.79 Å². The Bertz CT molecular complexity index is 520. The van der Waals surface area contributed by atoms with Crippen molar-refractivity contribution < 1.29 is 19.1 Å². The lowest BCUT2D eigenvalue weighted by Crippen LogP contribution is -2.44. The van der Waals surface area contributed by atoms with E-state index in [0.29, 0.717) is 0 Å². The number of nitrogens with one attached hydrogen (secondary N) is 2. The quantitative estimate of drug-likeness (QED) is 0.795. The number of carboxylic acid groups (broad SMARTS) is 1. The highest BCUT2D eigenvalue weighted by Crippen LogP contribution is 2.32. The second-order valence-electron chi connectivity index (χ2n) is 4.38. The molecule has 7 heteroatoms. The van der Waals surface area contributed by atoms with Gasteiger partial charge in [0.25, 0.3) is 0 Å². The largest absolute Gasteiger partial charge is 0.480 e. The monoisotopic (exact) mass is 286 g/mol. The van der Waals surface area contributed by atoms with Crippen LogP contribution in [0.25, 0.3) is 0 Å². The van der Waals surface area contributed by atoms with Crippen molar-refractivity contribution in [3.8, 4) is 0 Å². The van der Waals surface area contributed by atoms with Gasteiger partial charge in [0.15, 0.2) is 0 Å². The van der Waals surface area contributed by atoms with E-state index >= 15 is 0 Å². The zero-order valence-corrected chi connectivity index (χ0v) is 10.6. The van der Waals surface area contributed by atoms with Crippen molar-refractivity contribution in [2.24, 2.45) is 5.92 Å². The first-order chi connectivity index (χ1) is 8.97. The Morgan fingerprint density at radius 3 is 2.63 bits per heavy atom. The third-order valence-electron chi connectivity index (χ3n) is 2.82. The summed E-state index contributed by atoms with van der Waals surface area (Å²) >= 11 is 5.51. The Balaban J connectivity index is 1.96. The van der Waals surface area contributed by atoms with Crippen LogP contribution in [0.4, 0.5) is 14.9 Å². The van der Waals surface area contributed by atoms with E-state index in [1.54, 1.807) is 0 Å². The van der Waals surface area contributed by atoms with Crippen LogP contribution in [0.15, 0.2) is 18.2 Å².